The van der Waals surface area contributed by atoms with Gasteiger partial charge in [-0.25, -0.2) is 18.7 Å². The van der Waals surface area contributed by atoms with E-state index in [0.29, 0.717) is 26.2 Å². The van der Waals surface area contributed by atoms with Gasteiger partial charge in [-0.2, -0.15) is 0 Å². The minimum atomic E-state index is -1.02. The van der Waals surface area contributed by atoms with Gasteiger partial charge in [-0.05, 0) is 30.3 Å². The third kappa shape index (κ3) is 3.51. The number of halogens is 2. The zero-order valence-corrected chi connectivity index (χ0v) is 14.4. The second-order valence-corrected chi connectivity index (χ2v) is 6.23. The molecular weight excluding hydrogens is 352 g/mol. The lowest BCUT2D eigenvalue weighted by Gasteiger charge is -2.35. The van der Waals surface area contributed by atoms with Crippen molar-refractivity contribution in [1.82, 2.24) is 19.4 Å². The number of piperazine rings is 1. The van der Waals surface area contributed by atoms with E-state index < -0.39 is 11.6 Å². The van der Waals surface area contributed by atoms with Crippen LogP contribution >= 0.6 is 0 Å². The molecule has 0 unspecified atom stereocenters. The first-order valence-electron chi connectivity index (χ1n) is 8.56. The topological polar surface area (TPSA) is 54.3 Å². The first kappa shape index (κ1) is 17.1. The lowest BCUT2D eigenvalue weighted by Crippen LogP contribution is -2.49. The normalized spacial score (nSPS) is 14.4. The summed E-state index contributed by atoms with van der Waals surface area (Å²) >= 11 is 0. The van der Waals surface area contributed by atoms with E-state index in [0.717, 1.165) is 23.8 Å². The Morgan fingerprint density at radius 1 is 0.889 bits per heavy atom. The monoisotopic (exact) mass is 369 g/mol. The number of hydrogen-bond acceptors (Lipinski definition) is 4. The second-order valence-electron chi connectivity index (χ2n) is 6.23. The summed E-state index contributed by atoms with van der Waals surface area (Å²) in [6.07, 6.45) is 5.33. The third-order valence-electron chi connectivity index (χ3n) is 4.56. The largest absolute Gasteiger partial charge is 0.353 e. The predicted molar refractivity (Wildman–Crippen MR) is 95.8 cm³/mol. The van der Waals surface area contributed by atoms with E-state index in [1.54, 1.807) is 4.90 Å². The Labute approximate surface area is 154 Å². The molecule has 0 radical (unpaired) electrons. The van der Waals surface area contributed by atoms with Crippen LogP contribution in [0, 0.1) is 11.6 Å². The molecule has 0 N–H and O–H groups in total. The Bertz CT molecular complexity index is 952. The summed E-state index contributed by atoms with van der Waals surface area (Å²) in [4.78, 5) is 24.8. The van der Waals surface area contributed by atoms with E-state index in [2.05, 4.69) is 14.9 Å². The number of nitrogens with zero attached hydrogens (tertiary/aromatic N) is 5. The number of amides is 1. The lowest BCUT2D eigenvalue weighted by molar-refractivity contribution is 0.0746. The number of carbonyl (C=O) groups excluding carboxylic acids is 1. The van der Waals surface area contributed by atoms with E-state index in [1.165, 1.54) is 12.4 Å². The number of anilines is 1. The molecule has 2 aromatic heterocycles. The maximum atomic E-state index is 13.4. The number of rotatable bonds is 3. The Kier molecular flexibility index (Phi) is 4.53. The molecule has 1 aliphatic rings. The Morgan fingerprint density at radius 2 is 1.59 bits per heavy atom. The van der Waals surface area contributed by atoms with Crippen LogP contribution in [0.25, 0.3) is 5.82 Å². The van der Waals surface area contributed by atoms with Crippen molar-refractivity contribution in [2.75, 3.05) is 31.1 Å². The van der Waals surface area contributed by atoms with Crippen LogP contribution < -0.4 is 4.90 Å². The molecule has 1 fully saturated rings. The zero-order chi connectivity index (χ0) is 18.8. The molecule has 1 aliphatic heterocycles. The van der Waals surface area contributed by atoms with Gasteiger partial charge in [-0.15, -0.1) is 0 Å². The SMILES string of the molecule is O=C(c1ccc(F)c(F)c1)N1CCN(c2cc(-n3cccc3)ncn2)CC1. The molecule has 8 heteroatoms. The molecule has 138 valence electrons. The minimum absolute atomic E-state index is 0.152. The Morgan fingerprint density at radius 3 is 2.30 bits per heavy atom. The molecule has 0 atom stereocenters. The number of aromatic nitrogens is 3. The van der Waals surface area contributed by atoms with Crippen molar-refractivity contribution < 1.29 is 13.6 Å². The van der Waals surface area contributed by atoms with Crippen LogP contribution in [-0.2, 0) is 0 Å². The predicted octanol–water partition coefficient (Wildman–Crippen LogP) is 2.51. The van der Waals surface area contributed by atoms with Gasteiger partial charge in [0.25, 0.3) is 5.91 Å². The summed E-state index contributed by atoms with van der Waals surface area (Å²) in [6, 6.07) is 8.96. The maximum Gasteiger partial charge on any atom is 0.254 e. The van der Waals surface area contributed by atoms with Gasteiger partial charge >= 0.3 is 0 Å². The number of hydrogen-bond donors (Lipinski definition) is 0. The Balaban J connectivity index is 1.44. The van der Waals surface area contributed by atoms with E-state index in [9.17, 15) is 13.6 Å². The molecule has 3 aromatic rings. The van der Waals surface area contributed by atoms with Crippen molar-refractivity contribution in [3.8, 4) is 5.82 Å². The average Bonchev–Trinajstić information content (AvgIpc) is 3.25. The standard InChI is InChI=1S/C19H17F2N5O/c20-15-4-3-14(11-16(15)21)19(27)26-9-7-25(8-10-26)18-12-17(22-13-23-18)24-5-1-2-6-24/h1-6,11-13H,7-10H2. The van der Waals surface area contributed by atoms with Gasteiger partial charge in [0.1, 0.15) is 18.0 Å². The van der Waals surface area contributed by atoms with Crippen LogP contribution in [0.15, 0.2) is 55.1 Å². The fourth-order valence-corrected chi connectivity index (χ4v) is 3.09. The van der Waals surface area contributed by atoms with E-state index >= 15 is 0 Å². The number of benzene rings is 1. The highest BCUT2D eigenvalue weighted by Crippen LogP contribution is 2.18. The van der Waals surface area contributed by atoms with Gasteiger partial charge in [0, 0.05) is 50.2 Å². The van der Waals surface area contributed by atoms with Crippen LogP contribution in [0.3, 0.4) is 0 Å². The molecule has 0 aliphatic carbocycles. The second kappa shape index (κ2) is 7.14. The summed E-state index contributed by atoms with van der Waals surface area (Å²) in [5, 5.41) is 0. The van der Waals surface area contributed by atoms with Gasteiger partial charge in [0.15, 0.2) is 11.6 Å². The quantitative estimate of drug-likeness (QED) is 0.712. The molecule has 4 rings (SSSR count). The van der Waals surface area contributed by atoms with Gasteiger partial charge in [0.2, 0.25) is 0 Å². The third-order valence-corrected chi connectivity index (χ3v) is 4.56. The van der Waals surface area contributed by atoms with Gasteiger partial charge in [0.05, 0.1) is 0 Å². The van der Waals surface area contributed by atoms with Crippen molar-refractivity contribution in [2.45, 2.75) is 0 Å². The highest BCUT2D eigenvalue weighted by molar-refractivity contribution is 5.94. The van der Waals surface area contributed by atoms with E-state index in [-0.39, 0.29) is 11.5 Å². The molecular formula is C19H17F2N5O. The zero-order valence-electron chi connectivity index (χ0n) is 14.4. The van der Waals surface area contributed by atoms with Gasteiger partial charge in [-0.1, -0.05) is 0 Å². The van der Waals surface area contributed by atoms with Crippen LogP contribution in [0.4, 0.5) is 14.6 Å². The van der Waals surface area contributed by atoms with Crippen molar-refractivity contribution in [3.63, 3.8) is 0 Å². The van der Waals surface area contributed by atoms with Gasteiger partial charge in [-0.3, -0.25) is 4.79 Å². The first-order valence-corrected chi connectivity index (χ1v) is 8.56. The molecule has 0 spiro atoms. The molecule has 0 saturated carbocycles. The fraction of sp³-hybridized carbons (Fsp3) is 0.211. The average molecular weight is 369 g/mol. The van der Waals surface area contributed by atoms with Crippen LogP contribution in [0.1, 0.15) is 10.4 Å². The van der Waals surface area contributed by atoms with Gasteiger partial charge < -0.3 is 14.4 Å². The molecule has 27 heavy (non-hydrogen) atoms. The smallest absolute Gasteiger partial charge is 0.254 e. The van der Waals surface area contributed by atoms with E-state index in [1.807, 2.05) is 35.2 Å². The molecule has 6 nitrogen and oxygen atoms in total. The van der Waals surface area contributed by atoms with Crippen molar-refractivity contribution in [3.05, 3.63) is 72.3 Å². The summed E-state index contributed by atoms with van der Waals surface area (Å²) < 4.78 is 28.3. The number of carbonyl (C=O) groups is 1. The highest BCUT2D eigenvalue weighted by atomic mass is 19.2. The molecule has 0 bridgehead atoms. The van der Waals surface area contributed by atoms with E-state index in [4.69, 9.17) is 0 Å². The van der Waals surface area contributed by atoms with Crippen LogP contribution in [0.5, 0.6) is 0 Å². The van der Waals surface area contributed by atoms with Crippen molar-refractivity contribution >= 4 is 11.7 Å². The fourth-order valence-electron chi connectivity index (χ4n) is 3.09. The first-order chi connectivity index (χ1) is 13.1. The van der Waals surface area contributed by atoms with Crippen LogP contribution in [-0.4, -0.2) is 51.5 Å². The summed E-state index contributed by atoms with van der Waals surface area (Å²) in [5.74, 6) is -0.722. The maximum absolute atomic E-state index is 13.4. The molecule has 3 heterocycles. The highest BCUT2D eigenvalue weighted by Gasteiger charge is 2.23. The van der Waals surface area contributed by atoms with Crippen molar-refractivity contribution in [1.29, 1.82) is 0 Å². The summed E-state index contributed by atoms with van der Waals surface area (Å²) in [5.41, 5.74) is 0.152. The molecule has 1 saturated heterocycles. The summed E-state index contributed by atoms with van der Waals surface area (Å²) in [6.45, 7) is 2.14. The molecule has 1 aromatic carbocycles. The summed E-state index contributed by atoms with van der Waals surface area (Å²) in [7, 11) is 0. The van der Waals surface area contributed by atoms with Crippen LogP contribution in [0.2, 0.25) is 0 Å². The Hall–Kier alpha value is -3.29. The lowest BCUT2D eigenvalue weighted by atomic mass is 10.1. The molecule has 1 amide bonds. The minimum Gasteiger partial charge on any atom is -0.353 e. The van der Waals surface area contributed by atoms with Crippen molar-refractivity contribution in [2.24, 2.45) is 0 Å².